The molecule has 1 N–H and O–H groups in total. The predicted octanol–water partition coefficient (Wildman–Crippen LogP) is 1.74. The van der Waals surface area contributed by atoms with Crippen LogP contribution in [0.3, 0.4) is 0 Å². The van der Waals surface area contributed by atoms with Gasteiger partial charge in [-0.25, -0.2) is 0 Å². The monoisotopic (exact) mass is 294 g/mol. The molecule has 0 saturated carbocycles. The van der Waals surface area contributed by atoms with E-state index >= 15 is 0 Å². The first-order valence-electron chi connectivity index (χ1n) is 2.76. The van der Waals surface area contributed by atoms with Gasteiger partial charge in [-0.1, -0.05) is 0 Å². The molecule has 0 rings (SSSR count). The van der Waals surface area contributed by atoms with E-state index in [1.807, 2.05) is 6.92 Å². The minimum atomic E-state index is 0.377. The zero-order chi connectivity index (χ0) is 7.28. The summed E-state index contributed by atoms with van der Waals surface area (Å²) in [4.78, 5) is 0. The summed E-state index contributed by atoms with van der Waals surface area (Å²) in [6, 6.07) is 0. The molecule has 0 unspecified atom stereocenters. The van der Waals surface area contributed by atoms with E-state index in [9.17, 15) is 0 Å². The van der Waals surface area contributed by atoms with E-state index in [4.69, 9.17) is 5.11 Å². The van der Waals surface area contributed by atoms with Crippen molar-refractivity contribution < 1.29 is 24.5 Å². The molecular weight excluding hydrogens is 284 g/mol. The number of aliphatic hydroxyl groups is 1. The first-order chi connectivity index (χ1) is 4.26. The molecule has 1 nitrogen and oxygen atoms in total. The Kier molecular flexibility index (Phi) is 4.61. The molecule has 9 heavy (non-hydrogen) atoms. The standard InChI is InChI=1S/C7H10O.W/c1-4-7(5-2)6(3)8;/h3-4,8H,1,5H2,2H3;/b7-6-;. The Morgan fingerprint density at radius 2 is 2.33 bits per heavy atom. The Bertz CT molecular complexity index is 147. The Labute approximate surface area is 66.5 Å². The fraction of sp³-hybridized carbons (Fsp3) is 0.286. The molecule has 0 radical (unpaired) electrons. The molecule has 50 valence electrons. The molecule has 2 heteroatoms. The average Bonchev–Trinajstić information content (AvgIpc) is 1.90. The van der Waals surface area contributed by atoms with Crippen LogP contribution in [0.1, 0.15) is 13.3 Å². The van der Waals surface area contributed by atoms with Crippen molar-refractivity contribution in [1.29, 1.82) is 0 Å². The number of allylic oxidation sites excluding steroid dienone is 3. The predicted molar refractivity (Wildman–Crippen MR) is 36.2 cm³/mol. The normalized spacial score (nSPS) is 12.1. The van der Waals surface area contributed by atoms with Crippen LogP contribution >= 0.6 is 0 Å². The molecule has 0 spiro atoms. The maximum atomic E-state index is 9.09. The summed E-state index contributed by atoms with van der Waals surface area (Å²) in [7, 11) is 0. The molecule has 0 aliphatic heterocycles. The number of rotatable bonds is 3. The first kappa shape index (κ1) is 8.84. The van der Waals surface area contributed by atoms with Crippen LogP contribution in [-0.2, 0) is 19.4 Å². The fourth-order valence-electron chi connectivity index (χ4n) is 0.506. The van der Waals surface area contributed by atoms with Crippen LogP contribution in [0.2, 0.25) is 0 Å². The van der Waals surface area contributed by atoms with Gasteiger partial charge >= 0.3 is 66.2 Å². The topological polar surface area (TPSA) is 20.2 Å². The van der Waals surface area contributed by atoms with Gasteiger partial charge in [0.05, 0.1) is 0 Å². The average molecular weight is 294 g/mol. The summed E-state index contributed by atoms with van der Waals surface area (Å²) in [5, 5.41) is 9.09. The molecule has 0 bridgehead atoms. The summed E-state index contributed by atoms with van der Waals surface area (Å²) in [6.07, 6.45) is 2.54. The van der Waals surface area contributed by atoms with E-state index in [2.05, 4.69) is 6.58 Å². The Morgan fingerprint density at radius 3 is 2.44 bits per heavy atom. The zero-order valence-electron chi connectivity index (χ0n) is 5.42. The fourth-order valence-corrected chi connectivity index (χ4v) is 1.05. The zero-order valence-corrected chi connectivity index (χ0v) is 8.36. The van der Waals surface area contributed by atoms with E-state index in [1.54, 1.807) is 10.5 Å². The van der Waals surface area contributed by atoms with E-state index < -0.39 is 0 Å². The van der Waals surface area contributed by atoms with E-state index in [0.717, 1.165) is 12.0 Å². The summed E-state index contributed by atoms with van der Waals surface area (Å²) in [6.45, 7) is 5.56. The third kappa shape index (κ3) is 2.76. The molecule has 0 aromatic heterocycles. The molecular formula is C7H10OW. The Balaban J connectivity index is 4.36. The van der Waals surface area contributed by atoms with Crippen LogP contribution in [0, 0.1) is 0 Å². The van der Waals surface area contributed by atoms with Crippen molar-refractivity contribution in [2.75, 3.05) is 0 Å². The maximum absolute atomic E-state index is 9.09. The van der Waals surface area contributed by atoms with Gasteiger partial charge in [0, 0.05) is 0 Å². The van der Waals surface area contributed by atoms with Crippen LogP contribution in [-0.4, -0.2) is 9.51 Å². The van der Waals surface area contributed by atoms with Gasteiger partial charge in [-0.3, -0.25) is 0 Å². The molecule has 0 fully saturated rings. The van der Waals surface area contributed by atoms with Crippen molar-refractivity contribution in [3.05, 3.63) is 24.0 Å². The van der Waals surface area contributed by atoms with Gasteiger partial charge in [-0.15, -0.1) is 0 Å². The molecule has 0 atom stereocenters. The summed E-state index contributed by atoms with van der Waals surface area (Å²) >= 11 is 1.26. The van der Waals surface area contributed by atoms with Gasteiger partial charge in [0.15, 0.2) is 0 Å². The van der Waals surface area contributed by atoms with Gasteiger partial charge in [-0.05, 0) is 0 Å². The van der Waals surface area contributed by atoms with Gasteiger partial charge in [-0.2, -0.15) is 0 Å². The van der Waals surface area contributed by atoms with Crippen molar-refractivity contribution in [1.82, 2.24) is 0 Å². The van der Waals surface area contributed by atoms with Gasteiger partial charge < -0.3 is 0 Å². The Morgan fingerprint density at radius 1 is 1.78 bits per heavy atom. The second kappa shape index (κ2) is 4.69. The van der Waals surface area contributed by atoms with Crippen LogP contribution in [0.15, 0.2) is 24.0 Å². The van der Waals surface area contributed by atoms with Crippen LogP contribution in [0.25, 0.3) is 0 Å². The third-order valence-electron chi connectivity index (χ3n) is 1.07. The van der Waals surface area contributed by atoms with Gasteiger partial charge in [0.1, 0.15) is 0 Å². The SMILES string of the molecule is C=C/C(CC)=C(/O)[CH]=[W]. The van der Waals surface area contributed by atoms with Crippen LogP contribution in [0.5, 0.6) is 0 Å². The second-order valence-corrected chi connectivity index (χ2v) is 2.43. The number of hydrogen-bond acceptors (Lipinski definition) is 1. The molecule has 0 aliphatic carbocycles. The van der Waals surface area contributed by atoms with Gasteiger partial charge in [0.25, 0.3) is 0 Å². The summed E-state index contributed by atoms with van der Waals surface area (Å²) < 4.78 is 1.75. The van der Waals surface area contributed by atoms with E-state index in [0.29, 0.717) is 5.76 Å². The number of aliphatic hydroxyl groups excluding tert-OH is 1. The van der Waals surface area contributed by atoms with Crippen molar-refractivity contribution in [3.8, 4) is 0 Å². The molecule has 0 aromatic carbocycles. The van der Waals surface area contributed by atoms with E-state index in [-0.39, 0.29) is 0 Å². The molecule has 0 heterocycles. The number of hydrogen-bond donors (Lipinski definition) is 1. The van der Waals surface area contributed by atoms with Crippen molar-refractivity contribution in [2.45, 2.75) is 13.3 Å². The van der Waals surface area contributed by atoms with Crippen LogP contribution < -0.4 is 0 Å². The minimum absolute atomic E-state index is 0.377. The van der Waals surface area contributed by atoms with Crippen molar-refractivity contribution in [2.24, 2.45) is 0 Å². The van der Waals surface area contributed by atoms with Crippen molar-refractivity contribution in [3.63, 3.8) is 0 Å². The molecule has 0 aliphatic rings. The Hall–Kier alpha value is -0.162. The van der Waals surface area contributed by atoms with Crippen LogP contribution in [0.4, 0.5) is 0 Å². The molecule has 0 aromatic rings. The van der Waals surface area contributed by atoms with E-state index in [1.165, 1.54) is 19.4 Å². The second-order valence-electron chi connectivity index (χ2n) is 1.59. The summed E-state index contributed by atoms with van der Waals surface area (Å²) in [5.74, 6) is 0.377. The molecule has 0 amide bonds. The van der Waals surface area contributed by atoms with Crippen molar-refractivity contribution >= 4 is 4.40 Å². The van der Waals surface area contributed by atoms with Gasteiger partial charge in [0.2, 0.25) is 0 Å². The third-order valence-corrected chi connectivity index (χ3v) is 1.87. The molecule has 0 saturated heterocycles. The first-order valence-corrected chi connectivity index (χ1v) is 4.45. The quantitative estimate of drug-likeness (QED) is 0.621. The summed E-state index contributed by atoms with van der Waals surface area (Å²) in [5.41, 5.74) is 0.921.